The molecule has 19 heavy (non-hydrogen) atoms. The summed E-state index contributed by atoms with van der Waals surface area (Å²) in [7, 11) is -3.12. The van der Waals surface area contributed by atoms with Gasteiger partial charge in [0.1, 0.15) is 0 Å². The van der Waals surface area contributed by atoms with Crippen molar-refractivity contribution in [2.45, 2.75) is 45.6 Å². The molecule has 1 saturated heterocycles. The minimum atomic E-state index is -3.12. The van der Waals surface area contributed by atoms with Crippen molar-refractivity contribution < 1.29 is 13.2 Å². The number of hydrogen-bond acceptors (Lipinski definition) is 4. The average Bonchev–Trinajstić information content (AvgIpc) is 2.34. The van der Waals surface area contributed by atoms with Crippen LogP contribution in [0.2, 0.25) is 0 Å². The van der Waals surface area contributed by atoms with Gasteiger partial charge >= 0.3 is 0 Å². The summed E-state index contributed by atoms with van der Waals surface area (Å²) in [6.45, 7) is 4.92. The largest absolute Gasteiger partial charge is 0.338 e. The quantitative estimate of drug-likeness (QED) is 0.784. The first kappa shape index (κ1) is 16.4. The van der Waals surface area contributed by atoms with E-state index in [1.807, 2.05) is 13.8 Å². The van der Waals surface area contributed by atoms with Gasteiger partial charge in [-0.15, -0.1) is 0 Å². The lowest BCUT2D eigenvalue weighted by atomic mass is 10.0. The molecular formula is C13H26N2O3S. The van der Waals surface area contributed by atoms with Gasteiger partial charge < -0.3 is 10.6 Å². The predicted molar refractivity (Wildman–Crippen MR) is 76.5 cm³/mol. The smallest absolute Gasteiger partial charge is 0.223 e. The highest BCUT2D eigenvalue weighted by Gasteiger charge is 2.26. The highest BCUT2D eigenvalue weighted by molar-refractivity contribution is 7.91. The van der Waals surface area contributed by atoms with Gasteiger partial charge in [-0.25, -0.2) is 8.42 Å². The molecule has 1 aliphatic heterocycles. The summed E-state index contributed by atoms with van der Waals surface area (Å²) >= 11 is 0. The van der Waals surface area contributed by atoms with Crippen molar-refractivity contribution in [3.05, 3.63) is 0 Å². The van der Waals surface area contributed by atoms with E-state index in [1.165, 1.54) is 0 Å². The van der Waals surface area contributed by atoms with Gasteiger partial charge in [0, 0.05) is 25.6 Å². The first-order valence-corrected chi connectivity index (χ1v) is 8.88. The normalized spacial score (nSPS) is 20.8. The molecule has 0 aromatic rings. The third-order valence-electron chi connectivity index (χ3n) is 3.43. The summed E-state index contributed by atoms with van der Waals surface area (Å²) in [5.41, 5.74) is 5.67. The number of amides is 1. The highest BCUT2D eigenvalue weighted by atomic mass is 32.2. The Hall–Kier alpha value is -0.620. The van der Waals surface area contributed by atoms with Crippen LogP contribution in [0.15, 0.2) is 0 Å². The zero-order valence-corrected chi connectivity index (χ0v) is 12.8. The number of sulfone groups is 1. The molecular weight excluding hydrogens is 264 g/mol. The fourth-order valence-electron chi connectivity index (χ4n) is 2.55. The van der Waals surface area contributed by atoms with Crippen molar-refractivity contribution in [1.82, 2.24) is 4.90 Å². The van der Waals surface area contributed by atoms with Crippen molar-refractivity contribution in [3.8, 4) is 0 Å². The summed E-state index contributed by atoms with van der Waals surface area (Å²) in [4.78, 5) is 13.9. The summed E-state index contributed by atoms with van der Waals surface area (Å²) in [6.07, 6.45) is 3.10. The topological polar surface area (TPSA) is 80.5 Å². The summed E-state index contributed by atoms with van der Waals surface area (Å²) in [5, 5.41) is 0. The van der Waals surface area contributed by atoms with Crippen LogP contribution in [0.3, 0.4) is 0 Å². The highest BCUT2D eigenvalue weighted by Crippen LogP contribution is 2.17. The molecule has 1 aliphatic rings. The van der Waals surface area contributed by atoms with Gasteiger partial charge in [-0.2, -0.15) is 0 Å². The van der Waals surface area contributed by atoms with Crippen molar-refractivity contribution in [3.63, 3.8) is 0 Å². The Morgan fingerprint density at radius 2 is 2.05 bits per heavy atom. The molecule has 0 aliphatic carbocycles. The van der Waals surface area contributed by atoms with Gasteiger partial charge in [0.25, 0.3) is 0 Å². The Kier molecular flexibility index (Phi) is 6.26. The second-order valence-corrected chi connectivity index (χ2v) is 7.96. The number of likely N-dealkylation sites (tertiary alicyclic amines) is 1. The molecule has 5 nitrogen and oxygen atoms in total. The summed E-state index contributed by atoms with van der Waals surface area (Å²) in [6, 6.07) is 0.0917. The molecule has 1 unspecified atom stereocenters. The van der Waals surface area contributed by atoms with E-state index < -0.39 is 9.84 Å². The summed E-state index contributed by atoms with van der Waals surface area (Å²) in [5.74, 6) is 0.146. The number of rotatable bonds is 6. The summed E-state index contributed by atoms with van der Waals surface area (Å²) < 4.78 is 23.6. The van der Waals surface area contributed by atoms with Crippen molar-refractivity contribution in [2.24, 2.45) is 11.7 Å². The second-order valence-electron chi connectivity index (χ2n) is 5.73. The minimum Gasteiger partial charge on any atom is -0.338 e. The van der Waals surface area contributed by atoms with Crippen LogP contribution in [0, 0.1) is 5.92 Å². The number of carbonyl (C=O) groups is 1. The minimum absolute atomic E-state index is 0.0438. The fraction of sp³-hybridized carbons (Fsp3) is 0.923. The Balaban J connectivity index is 2.50. The number of carbonyl (C=O) groups excluding carboxylic acids is 1. The van der Waals surface area contributed by atoms with Crippen LogP contribution in [0.1, 0.15) is 39.5 Å². The maximum atomic E-state index is 12.1. The molecule has 0 radical (unpaired) electrons. The molecule has 0 bridgehead atoms. The lowest BCUT2D eigenvalue weighted by molar-refractivity contribution is -0.134. The van der Waals surface area contributed by atoms with E-state index in [0.717, 1.165) is 19.3 Å². The van der Waals surface area contributed by atoms with E-state index in [-0.39, 0.29) is 35.8 Å². The van der Waals surface area contributed by atoms with Crippen LogP contribution < -0.4 is 5.73 Å². The monoisotopic (exact) mass is 290 g/mol. The fourth-order valence-corrected chi connectivity index (χ4v) is 4.22. The SMILES string of the molecule is CC(C)CS(=O)(=O)CCC(=O)N1CCCCC1CN. The van der Waals surface area contributed by atoms with E-state index in [4.69, 9.17) is 5.73 Å². The second kappa shape index (κ2) is 7.24. The molecule has 1 heterocycles. The third-order valence-corrected chi connectivity index (χ3v) is 5.43. The third kappa shape index (κ3) is 5.48. The molecule has 1 fully saturated rings. The molecule has 6 heteroatoms. The molecule has 0 aromatic heterocycles. The molecule has 112 valence electrons. The Bertz CT molecular complexity index is 393. The molecule has 1 atom stereocenters. The van der Waals surface area contributed by atoms with E-state index in [1.54, 1.807) is 4.90 Å². The van der Waals surface area contributed by atoms with Crippen LogP contribution in [0.5, 0.6) is 0 Å². The van der Waals surface area contributed by atoms with E-state index in [0.29, 0.717) is 13.1 Å². The zero-order chi connectivity index (χ0) is 14.5. The van der Waals surface area contributed by atoms with Gasteiger partial charge in [0.05, 0.1) is 11.5 Å². The van der Waals surface area contributed by atoms with E-state index in [9.17, 15) is 13.2 Å². The lowest BCUT2D eigenvalue weighted by Gasteiger charge is -2.35. The van der Waals surface area contributed by atoms with E-state index >= 15 is 0 Å². The molecule has 1 rings (SSSR count). The molecule has 2 N–H and O–H groups in total. The molecule has 0 spiro atoms. The van der Waals surface area contributed by atoms with Crippen LogP contribution in [0.25, 0.3) is 0 Å². The van der Waals surface area contributed by atoms with Crippen molar-refractivity contribution in [1.29, 1.82) is 0 Å². The van der Waals surface area contributed by atoms with Crippen LogP contribution >= 0.6 is 0 Å². The average molecular weight is 290 g/mol. The van der Waals surface area contributed by atoms with Crippen molar-refractivity contribution in [2.75, 3.05) is 24.6 Å². The van der Waals surface area contributed by atoms with Gasteiger partial charge in [0.15, 0.2) is 9.84 Å². The Morgan fingerprint density at radius 1 is 1.37 bits per heavy atom. The van der Waals surface area contributed by atoms with Gasteiger partial charge in [-0.3, -0.25) is 4.79 Å². The maximum absolute atomic E-state index is 12.1. The lowest BCUT2D eigenvalue weighted by Crippen LogP contribution is -2.47. The van der Waals surface area contributed by atoms with E-state index in [2.05, 4.69) is 0 Å². The first-order valence-electron chi connectivity index (χ1n) is 7.05. The maximum Gasteiger partial charge on any atom is 0.223 e. The molecule has 1 amide bonds. The van der Waals surface area contributed by atoms with Gasteiger partial charge in [-0.1, -0.05) is 13.8 Å². The molecule has 0 saturated carbocycles. The number of hydrogen-bond donors (Lipinski definition) is 1. The number of piperidine rings is 1. The van der Waals surface area contributed by atoms with Crippen molar-refractivity contribution >= 4 is 15.7 Å². The molecule has 0 aromatic carbocycles. The number of nitrogens with two attached hydrogens (primary N) is 1. The first-order chi connectivity index (χ1) is 8.85. The number of nitrogens with zero attached hydrogens (tertiary/aromatic N) is 1. The van der Waals surface area contributed by atoms with Crippen LogP contribution in [-0.4, -0.2) is 49.9 Å². The predicted octanol–water partition coefficient (Wildman–Crippen LogP) is 0.787. The van der Waals surface area contributed by atoms with Gasteiger partial charge in [0.2, 0.25) is 5.91 Å². The standard InChI is InChI=1S/C13H26N2O3S/c1-11(2)10-19(17,18)8-6-13(16)15-7-4-3-5-12(15)9-14/h11-12H,3-10,14H2,1-2H3. The van der Waals surface area contributed by atoms with Gasteiger partial charge in [-0.05, 0) is 25.2 Å². The van der Waals surface area contributed by atoms with Crippen LogP contribution in [-0.2, 0) is 14.6 Å². The zero-order valence-electron chi connectivity index (χ0n) is 12.0. The Morgan fingerprint density at radius 3 is 2.63 bits per heavy atom. The Labute approximate surface area is 116 Å². The van der Waals surface area contributed by atoms with Crippen LogP contribution in [0.4, 0.5) is 0 Å².